The highest BCUT2D eigenvalue weighted by atomic mass is 32.1. The van der Waals surface area contributed by atoms with Gasteiger partial charge in [-0.1, -0.05) is 62.4 Å². The van der Waals surface area contributed by atoms with Crippen molar-refractivity contribution in [2.75, 3.05) is 24.7 Å². The smallest absolute Gasteiger partial charge is 0.327 e. The second-order valence-corrected chi connectivity index (χ2v) is 13.7. The summed E-state index contributed by atoms with van der Waals surface area (Å²) in [5.74, 6) is -6.74. The fourth-order valence-electron chi connectivity index (χ4n) is 5.39. The maximum absolute atomic E-state index is 14.2. The van der Waals surface area contributed by atoms with Crippen LogP contribution in [0, 0.1) is 5.92 Å². The van der Waals surface area contributed by atoms with Crippen LogP contribution in [0.4, 0.5) is 0 Å². The van der Waals surface area contributed by atoms with Crippen molar-refractivity contribution in [1.29, 1.82) is 0 Å². The quantitative estimate of drug-likeness (QED) is 0.0550. The van der Waals surface area contributed by atoms with E-state index < -0.39 is 96.7 Å². The molecule has 0 fully saturated rings. The molecule has 6 amide bonds. The molecule has 0 radical (unpaired) electrons. The predicted octanol–water partition coefficient (Wildman–Crippen LogP) is -1.59. The molecular formula is C36H48N8O9S2. The molecule has 1 aromatic heterocycles. The van der Waals surface area contributed by atoms with E-state index in [1.807, 2.05) is 24.3 Å². The van der Waals surface area contributed by atoms with Crippen LogP contribution in [-0.2, 0) is 46.4 Å². The normalized spacial score (nSPS) is 14.4. The zero-order valence-electron chi connectivity index (χ0n) is 30.3. The summed E-state index contributed by atoms with van der Waals surface area (Å²) in [7, 11) is 0. The largest absolute Gasteiger partial charge is 0.480 e. The van der Waals surface area contributed by atoms with Crippen molar-refractivity contribution in [2.45, 2.75) is 62.9 Å². The minimum atomic E-state index is -1.44. The zero-order valence-corrected chi connectivity index (χ0v) is 32.1. The van der Waals surface area contributed by atoms with Crippen molar-refractivity contribution < 1.29 is 43.8 Å². The number of aliphatic carboxylic acids is 1. The number of hydrogen-bond donors (Lipinski definition) is 12. The fourth-order valence-corrected chi connectivity index (χ4v) is 5.80. The van der Waals surface area contributed by atoms with E-state index in [1.54, 1.807) is 50.4 Å². The van der Waals surface area contributed by atoms with Crippen molar-refractivity contribution >= 4 is 77.6 Å². The van der Waals surface area contributed by atoms with Crippen LogP contribution in [0.1, 0.15) is 25.0 Å². The number of carboxylic acid groups (broad SMARTS) is 1. The molecule has 55 heavy (non-hydrogen) atoms. The van der Waals surface area contributed by atoms with Gasteiger partial charge in [0, 0.05) is 41.4 Å². The summed E-state index contributed by atoms with van der Waals surface area (Å²) >= 11 is 7.89. The molecule has 0 saturated heterocycles. The first-order valence-electron chi connectivity index (χ1n) is 17.4. The second kappa shape index (κ2) is 21.7. The molecule has 0 bridgehead atoms. The minimum absolute atomic E-state index is 0.0159. The Bertz CT molecular complexity index is 1810. The summed E-state index contributed by atoms with van der Waals surface area (Å²) in [6, 6.07) is 8.42. The molecule has 1 heterocycles. The summed E-state index contributed by atoms with van der Waals surface area (Å²) in [5.41, 5.74) is 7.77. The number of aromatic nitrogens is 1. The number of H-pyrrole nitrogens is 1. The van der Waals surface area contributed by atoms with Crippen LogP contribution in [0.5, 0.6) is 0 Å². The molecule has 0 aliphatic rings. The number of para-hydroxylation sites is 1. The van der Waals surface area contributed by atoms with Gasteiger partial charge in [-0.3, -0.25) is 28.8 Å². The first-order valence-corrected chi connectivity index (χ1v) is 18.6. The lowest BCUT2D eigenvalue weighted by atomic mass is 9.99. The van der Waals surface area contributed by atoms with Crippen LogP contribution in [0.25, 0.3) is 10.9 Å². The number of rotatable bonds is 21. The third kappa shape index (κ3) is 13.3. The average molecular weight is 801 g/mol. The Hall–Kier alpha value is -5.11. The molecule has 17 nitrogen and oxygen atoms in total. The van der Waals surface area contributed by atoms with Gasteiger partial charge in [0.2, 0.25) is 35.4 Å². The van der Waals surface area contributed by atoms with Crippen molar-refractivity contribution in [3.8, 4) is 0 Å². The molecule has 0 aliphatic heterocycles. The van der Waals surface area contributed by atoms with Crippen molar-refractivity contribution in [3.63, 3.8) is 0 Å². The lowest BCUT2D eigenvalue weighted by molar-refractivity contribution is -0.141. The highest BCUT2D eigenvalue weighted by Gasteiger charge is 2.34. The highest BCUT2D eigenvalue weighted by molar-refractivity contribution is 7.80. The summed E-state index contributed by atoms with van der Waals surface area (Å²) in [4.78, 5) is 94.0. The predicted molar refractivity (Wildman–Crippen MR) is 210 cm³/mol. The number of hydrogen-bond acceptors (Lipinski definition) is 11. The number of carbonyl (C=O) groups is 7. The number of nitrogens with one attached hydrogen (secondary N) is 7. The minimum Gasteiger partial charge on any atom is -0.480 e. The van der Waals surface area contributed by atoms with Gasteiger partial charge in [-0.25, -0.2) is 4.79 Å². The number of carbonyl (C=O) groups excluding carboxylic acids is 6. The second-order valence-electron chi connectivity index (χ2n) is 13.0. The lowest BCUT2D eigenvalue weighted by Gasteiger charge is -2.28. The Labute approximate surface area is 328 Å². The Morgan fingerprint density at radius 2 is 1.31 bits per heavy atom. The van der Waals surface area contributed by atoms with Crippen LogP contribution >= 0.6 is 25.3 Å². The molecule has 3 rings (SSSR count). The van der Waals surface area contributed by atoms with E-state index in [9.17, 15) is 43.8 Å². The Balaban J connectivity index is 1.89. The average Bonchev–Trinajstić information content (AvgIpc) is 3.58. The van der Waals surface area contributed by atoms with Crippen LogP contribution in [0.15, 0.2) is 60.8 Å². The summed E-state index contributed by atoms with van der Waals surface area (Å²) in [5, 5.41) is 34.8. The molecule has 6 atom stereocenters. The zero-order chi connectivity index (χ0) is 40.7. The van der Waals surface area contributed by atoms with Gasteiger partial charge in [0.25, 0.3) is 0 Å². The summed E-state index contributed by atoms with van der Waals surface area (Å²) in [6.45, 7) is 1.90. The van der Waals surface area contributed by atoms with E-state index in [0.29, 0.717) is 11.1 Å². The van der Waals surface area contributed by atoms with E-state index >= 15 is 0 Å². The van der Waals surface area contributed by atoms with Gasteiger partial charge in [-0.2, -0.15) is 25.3 Å². The number of thiol groups is 2. The number of carboxylic acids is 1. The van der Waals surface area contributed by atoms with Crippen LogP contribution in [0.2, 0.25) is 0 Å². The van der Waals surface area contributed by atoms with Gasteiger partial charge >= 0.3 is 5.97 Å². The summed E-state index contributed by atoms with van der Waals surface area (Å²) in [6.07, 6.45) is 1.61. The molecule has 19 heteroatoms. The number of amides is 6. The van der Waals surface area contributed by atoms with E-state index in [0.717, 1.165) is 10.9 Å². The van der Waals surface area contributed by atoms with Gasteiger partial charge in [-0.15, -0.1) is 0 Å². The SMILES string of the molecule is CC(C)[C@H](NC(=O)[C@H](CO)NC(=O)[C@@H](N)CS)C(=O)N[C@@H](Cc1c[nH]c2ccccc12)C(=O)N[C@@H](Cc1ccccc1)C(=O)NCC(=O)N[C@@H](CS)C(=O)O. The molecule has 0 saturated carbocycles. The van der Waals surface area contributed by atoms with E-state index in [1.165, 1.54) is 0 Å². The topological polar surface area (TPSA) is 274 Å². The third-order valence-electron chi connectivity index (χ3n) is 8.48. The number of aromatic amines is 1. The number of benzene rings is 2. The molecule has 0 spiro atoms. The first kappa shape index (κ1) is 44.3. The van der Waals surface area contributed by atoms with E-state index in [-0.39, 0.29) is 24.3 Å². The molecule has 2 aromatic carbocycles. The monoisotopic (exact) mass is 800 g/mol. The van der Waals surface area contributed by atoms with Gasteiger partial charge in [-0.05, 0) is 23.1 Å². The first-order chi connectivity index (χ1) is 26.2. The third-order valence-corrected chi connectivity index (χ3v) is 9.24. The van der Waals surface area contributed by atoms with Crippen molar-refractivity contribution in [2.24, 2.45) is 11.7 Å². The Morgan fingerprint density at radius 1 is 0.709 bits per heavy atom. The molecule has 0 unspecified atom stereocenters. The molecule has 0 aliphatic carbocycles. The number of fused-ring (bicyclic) bond motifs is 1. The fraction of sp³-hybridized carbons (Fsp3) is 0.417. The number of nitrogens with two attached hydrogens (primary N) is 1. The molecule has 298 valence electrons. The Kier molecular flexibility index (Phi) is 17.5. The molecule has 11 N–H and O–H groups in total. The van der Waals surface area contributed by atoms with Crippen molar-refractivity contribution in [3.05, 3.63) is 71.9 Å². The number of aliphatic hydroxyl groups is 1. The maximum atomic E-state index is 14.2. The lowest BCUT2D eigenvalue weighted by Crippen LogP contribution is -2.61. The van der Waals surface area contributed by atoms with Crippen molar-refractivity contribution in [1.82, 2.24) is 36.9 Å². The van der Waals surface area contributed by atoms with E-state index in [2.05, 4.69) is 62.1 Å². The van der Waals surface area contributed by atoms with Gasteiger partial charge in [0.15, 0.2) is 0 Å². The van der Waals surface area contributed by atoms with Crippen LogP contribution < -0.4 is 37.6 Å². The standard InChI is InChI=1S/C36H48N8O9S2/c1-19(2)30(44-34(50)27(16-45)43-31(47)23(37)17-54)35(51)42-26(13-21-14-38-24-11-7-6-10-22(21)24)33(49)41-25(12-20-8-4-3-5-9-20)32(48)39-15-29(46)40-28(18-55)36(52)53/h3-11,14,19,23,25-28,30,38,45,54-55H,12-13,15-18,37H2,1-2H3,(H,39,48)(H,40,46)(H,41,49)(H,42,51)(H,43,47)(H,44,50)(H,52,53)/t23-,25-,26-,27-,28-,30-/m0/s1. The van der Waals surface area contributed by atoms with Gasteiger partial charge in [0.1, 0.15) is 30.2 Å². The van der Waals surface area contributed by atoms with Crippen LogP contribution in [0.3, 0.4) is 0 Å². The maximum Gasteiger partial charge on any atom is 0.327 e. The van der Waals surface area contributed by atoms with Gasteiger partial charge < -0.3 is 52.8 Å². The molecule has 3 aromatic rings. The molecular weight excluding hydrogens is 753 g/mol. The van der Waals surface area contributed by atoms with Gasteiger partial charge in [0.05, 0.1) is 19.2 Å². The Morgan fingerprint density at radius 3 is 1.93 bits per heavy atom. The summed E-state index contributed by atoms with van der Waals surface area (Å²) < 4.78 is 0. The van der Waals surface area contributed by atoms with Crippen LogP contribution in [-0.4, -0.2) is 118 Å². The number of aliphatic hydroxyl groups excluding tert-OH is 1. The van der Waals surface area contributed by atoms with E-state index in [4.69, 9.17) is 5.73 Å². The highest BCUT2D eigenvalue weighted by Crippen LogP contribution is 2.20.